The quantitative estimate of drug-likeness (QED) is 0.159. The molecule has 0 aromatic rings. The van der Waals surface area contributed by atoms with Crippen LogP contribution in [0.4, 0.5) is 0 Å². The van der Waals surface area contributed by atoms with E-state index in [0.717, 1.165) is 25.9 Å². The number of hydrogen-bond donors (Lipinski definition) is 0. The number of unbranched alkanes of at least 4 members (excludes halogenated alkanes) is 14. The number of hydrogen-bond acceptors (Lipinski definition) is 2. The van der Waals surface area contributed by atoms with Gasteiger partial charge in [0.1, 0.15) is 12.7 Å². The number of quaternary nitrogens is 1. The smallest absolute Gasteiger partial charge is 0.227 e. The van der Waals surface area contributed by atoms with Gasteiger partial charge in [0.2, 0.25) is 5.91 Å². The van der Waals surface area contributed by atoms with Crippen LogP contribution in [-0.4, -0.2) is 35.2 Å². The maximum atomic E-state index is 12.2. The minimum absolute atomic E-state index is 0.262. The van der Waals surface area contributed by atoms with Gasteiger partial charge in [-0.3, -0.25) is 9.69 Å². The van der Waals surface area contributed by atoms with E-state index in [1.54, 1.807) is 6.26 Å². The highest BCUT2D eigenvalue weighted by atomic mass is 16.7. The van der Waals surface area contributed by atoms with E-state index in [2.05, 4.69) is 19.2 Å². The van der Waals surface area contributed by atoms with Crippen molar-refractivity contribution in [2.24, 2.45) is 0 Å². The molecule has 0 aliphatic carbocycles. The van der Waals surface area contributed by atoms with E-state index < -0.39 is 0 Å². The van der Waals surface area contributed by atoms with Crippen molar-refractivity contribution in [2.75, 3.05) is 19.8 Å². The molecule has 1 amide bonds. The highest BCUT2D eigenvalue weighted by Crippen LogP contribution is 2.21. The van der Waals surface area contributed by atoms with Gasteiger partial charge in [-0.05, 0) is 25.0 Å². The Balaban J connectivity index is 1.53. The van der Waals surface area contributed by atoms with Gasteiger partial charge in [-0.1, -0.05) is 107 Å². The van der Waals surface area contributed by atoms with Gasteiger partial charge in [-0.2, -0.15) is 0 Å². The third-order valence-corrected chi connectivity index (χ3v) is 6.76. The van der Waals surface area contributed by atoms with Crippen LogP contribution in [0, 0.1) is 0 Å². The zero-order valence-electron chi connectivity index (χ0n) is 20.8. The fourth-order valence-corrected chi connectivity index (χ4v) is 4.74. The van der Waals surface area contributed by atoms with E-state index in [-0.39, 0.29) is 5.91 Å². The molecule has 0 aromatic heterocycles. The minimum atomic E-state index is 0.262. The standard InChI is InChI=1S/C28H49N2O2/c1-2-3-4-5-6-7-8-9-10-11-12-13-14-15-18-24-30(25-19-16-17-20-26-32-30)27-29-23-21-22-28(29)31/h16-17,19-20,25-26H,2-15,18,21-24,27H2,1H3/q+1. The van der Waals surface area contributed by atoms with Crippen molar-refractivity contribution in [3.8, 4) is 0 Å². The molecule has 1 saturated heterocycles. The summed E-state index contributed by atoms with van der Waals surface area (Å²) in [7, 11) is 0. The van der Waals surface area contributed by atoms with Gasteiger partial charge in [-0.25, -0.2) is 0 Å². The van der Waals surface area contributed by atoms with E-state index in [4.69, 9.17) is 4.84 Å². The second kappa shape index (κ2) is 17.0. The minimum Gasteiger partial charge on any atom is -0.317 e. The summed E-state index contributed by atoms with van der Waals surface area (Å²) >= 11 is 0. The lowest BCUT2D eigenvalue weighted by Gasteiger charge is -2.34. The third kappa shape index (κ3) is 11.4. The molecule has 2 aliphatic rings. The zero-order valence-corrected chi connectivity index (χ0v) is 20.8. The third-order valence-electron chi connectivity index (χ3n) is 6.76. The number of carbonyl (C=O) groups excluding carboxylic acids is 1. The predicted octanol–water partition coefficient (Wildman–Crippen LogP) is 7.78. The Kier molecular flexibility index (Phi) is 14.2. The number of likely N-dealkylation sites (tertiary alicyclic amines) is 1. The molecule has 1 unspecified atom stereocenters. The summed E-state index contributed by atoms with van der Waals surface area (Å²) in [5.74, 6) is 0.262. The summed E-state index contributed by atoms with van der Waals surface area (Å²) in [6, 6.07) is 0. The maximum Gasteiger partial charge on any atom is 0.227 e. The Labute approximate surface area is 197 Å². The molecule has 0 aromatic carbocycles. The summed E-state index contributed by atoms with van der Waals surface area (Å²) in [4.78, 5) is 20.3. The lowest BCUT2D eigenvalue weighted by atomic mass is 10.0. The van der Waals surface area contributed by atoms with Crippen molar-refractivity contribution in [1.82, 2.24) is 4.90 Å². The highest BCUT2D eigenvalue weighted by Gasteiger charge is 2.34. The van der Waals surface area contributed by atoms with Crippen LogP contribution in [0.2, 0.25) is 0 Å². The van der Waals surface area contributed by atoms with E-state index in [1.165, 1.54) is 89.9 Å². The molecule has 2 rings (SSSR count). The van der Waals surface area contributed by atoms with Gasteiger partial charge in [0.15, 0.2) is 12.9 Å². The molecule has 0 spiro atoms. The van der Waals surface area contributed by atoms with Crippen LogP contribution in [0.3, 0.4) is 0 Å². The number of nitrogens with zero attached hydrogens (tertiary/aromatic N) is 2. The van der Waals surface area contributed by atoms with Crippen LogP contribution >= 0.6 is 0 Å². The molecule has 2 heterocycles. The van der Waals surface area contributed by atoms with Crippen LogP contribution in [-0.2, 0) is 9.63 Å². The van der Waals surface area contributed by atoms with Crippen molar-refractivity contribution < 1.29 is 14.3 Å². The Morgan fingerprint density at radius 2 is 1.34 bits per heavy atom. The van der Waals surface area contributed by atoms with Gasteiger partial charge in [0, 0.05) is 19.4 Å². The monoisotopic (exact) mass is 445 g/mol. The summed E-state index contributed by atoms with van der Waals surface area (Å²) in [5, 5.41) is 0. The molecular weight excluding hydrogens is 396 g/mol. The molecule has 1 atom stereocenters. The second-order valence-electron chi connectivity index (χ2n) is 9.69. The summed E-state index contributed by atoms with van der Waals surface area (Å²) in [5.41, 5.74) is 0. The summed E-state index contributed by atoms with van der Waals surface area (Å²) in [6.45, 7) is 4.67. The Morgan fingerprint density at radius 3 is 1.91 bits per heavy atom. The summed E-state index contributed by atoms with van der Waals surface area (Å²) < 4.78 is 0.394. The zero-order chi connectivity index (χ0) is 22.7. The Morgan fingerprint density at radius 1 is 0.781 bits per heavy atom. The number of allylic oxidation sites excluding steroid dienone is 4. The molecule has 0 N–H and O–H groups in total. The van der Waals surface area contributed by atoms with Gasteiger partial charge in [0.05, 0.1) is 0 Å². The number of carbonyl (C=O) groups is 1. The second-order valence-corrected chi connectivity index (χ2v) is 9.69. The molecule has 4 heteroatoms. The van der Waals surface area contributed by atoms with Crippen molar-refractivity contribution >= 4 is 5.91 Å². The van der Waals surface area contributed by atoms with E-state index in [0.29, 0.717) is 17.7 Å². The fourth-order valence-electron chi connectivity index (χ4n) is 4.74. The van der Waals surface area contributed by atoms with Crippen LogP contribution < -0.4 is 0 Å². The largest absolute Gasteiger partial charge is 0.317 e. The molecule has 1 fully saturated rings. The summed E-state index contributed by atoms with van der Waals surface area (Å²) in [6.07, 6.45) is 34.1. The van der Waals surface area contributed by atoms with Gasteiger partial charge in [0.25, 0.3) is 0 Å². The van der Waals surface area contributed by atoms with E-state index in [9.17, 15) is 4.79 Å². The van der Waals surface area contributed by atoms with Gasteiger partial charge < -0.3 is 4.84 Å². The number of hydroxylamine groups is 3. The topological polar surface area (TPSA) is 29.5 Å². The van der Waals surface area contributed by atoms with Crippen LogP contribution in [0.5, 0.6) is 0 Å². The number of rotatable bonds is 18. The Bertz CT molecular complexity index is 584. The predicted molar refractivity (Wildman–Crippen MR) is 134 cm³/mol. The maximum absolute atomic E-state index is 12.2. The Hall–Kier alpha value is -1.55. The lowest BCUT2D eigenvalue weighted by molar-refractivity contribution is -1.06. The van der Waals surface area contributed by atoms with Crippen molar-refractivity contribution in [3.05, 3.63) is 36.8 Å². The molecular formula is C28H49N2O2+. The number of amides is 1. The lowest BCUT2D eigenvalue weighted by Crippen LogP contribution is -2.50. The van der Waals surface area contributed by atoms with E-state index in [1.807, 2.05) is 23.1 Å². The molecule has 4 nitrogen and oxygen atoms in total. The fraction of sp³-hybridized carbons (Fsp3) is 0.750. The molecule has 0 bridgehead atoms. The highest BCUT2D eigenvalue weighted by molar-refractivity contribution is 5.77. The van der Waals surface area contributed by atoms with Crippen LogP contribution in [0.25, 0.3) is 0 Å². The van der Waals surface area contributed by atoms with Crippen LogP contribution in [0.15, 0.2) is 36.8 Å². The normalized spacial score (nSPS) is 20.5. The first-order valence-electron chi connectivity index (χ1n) is 13.6. The first kappa shape index (κ1) is 26.7. The average molecular weight is 446 g/mol. The van der Waals surface area contributed by atoms with Crippen LogP contribution in [0.1, 0.15) is 116 Å². The first-order chi connectivity index (χ1) is 15.8. The van der Waals surface area contributed by atoms with Gasteiger partial charge in [-0.15, -0.1) is 0 Å². The van der Waals surface area contributed by atoms with E-state index >= 15 is 0 Å². The molecule has 2 aliphatic heterocycles. The first-order valence-corrected chi connectivity index (χ1v) is 13.6. The molecule has 182 valence electrons. The molecule has 0 saturated carbocycles. The molecule has 32 heavy (non-hydrogen) atoms. The molecule has 0 radical (unpaired) electrons. The van der Waals surface area contributed by atoms with Crippen molar-refractivity contribution in [2.45, 2.75) is 116 Å². The SMILES string of the molecule is CCCCCCCCCCCCCCCCC[N+]1(CN2CCCC2=O)C=CC=CC=CO1. The van der Waals surface area contributed by atoms with Crippen molar-refractivity contribution in [1.29, 1.82) is 0 Å². The van der Waals surface area contributed by atoms with Crippen molar-refractivity contribution in [3.63, 3.8) is 0 Å². The van der Waals surface area contributed by atoms with Gasteiger partial charge >= 0.3 is 0 Å². The average Bonchev–Trinajstić information content (AvgIpc) is 3.17.